The van der Waals surface area contributed by atoms with Gasteiger partial charge in [0.25, 0.3) is 0 Å². The summed E-state index contributed by atoms with van der Waals surface area (Å²) < 4.78 is 5.56. The number of benzene rings is 1. The fraction of sp³-hybridized carbons (Fsp3) is 0.714. The second-order valence-electron chi connectivity index (χ2n) is 8.62. The van der Waals surface area contributed by atoms with Crippen LogP contribution < -0.4 is 9.64 Å². The van der Waals surface area contributed by atoms with Crippen molar-refractivity contribution >= 4 is 5.69 Å². The zero-order chi connectivity index (χ0) is 16.1. The monoisotopic (exact) mass is 326 g/mol. The second kappa shape index (κ2) is 5.94. The van der Waals surface area contributed by atoms with Gasteiger partial charge >= 0.3 is 0 Å². The van der Waals surface area contributed by atoms with Gasteiger partial charge in [-0.3, -0.25) is 4.90 Å². The van der Waals surface area contributed by atoms with Crippen LogP contribution in [0.2, 0.25) is 0 Å². The number of rotatable bonds is 3. The Morgan fingerprint density at radius 3 is 2.08 bits per heavy atom. The molecule has 0 spiro atoms. The standard InChI is InChI=1S/C21H30N2O/c1-24-20-5-3-2-4-19(20)22-6-8-23(9-7-22)21-17-11-15-10-16(13-17)14-18(21)12-15/h2-5,15-18,21H,6-14H2,1H3. The van der Waals surface area contributed by atoms with Gasteiger partial charge in [-0.05, 0) is 67.9 Å². The van der Waals surface area contributed by atoms with Crippen LogP contribution in [0, 0.1) is 23.7 Å². The minimum atomic E-state index is 0.901. The van der Waals surface area contributed by atoms with Crippen molar-refractivity contribution in [1.82, 2.24) is 4.90 Å². The molecule has 0 radical (unpaired) electrons. The molecule has 4 bridgehead atoms. The molecule has 5 aliphatic rings. The van der Waals surface area contributed by atoms with Crippen LogP contribution in [0.15, 0.2) is 24.3 Å². The highest BCUT2D eigenvalue weighted by molar-refractivity contribution is 5.58. The van der Waals surface area contributed by atoms with Crippen molar-refractivity contribution in [2.75, 3.05) is 38.2 Å². The van der Waals surface area contributed by atoms with E-state index in [-0.39, 0.29) is 0 Å². The van der Waals surface area contributed by atoms with Crippen LogP contribution in [0.3, 0.4) is 0 Å². The van der Waals surface area contributed by atoms with E-state index in [0.717, 1.165) is 48.6 Å². The highest BCUT2D eigenvalue weighted by Crippen LogP contribution is 2.55. The first-order valence-corrected chi connectivity index (χ1v) is 9.94. The molecule has 4 saturated carbocycles. The van der Waals surface area contributed by atoms with Crippen LogP contribution in [0.1, 0.15) is 32.1 Å². The molecule has 5 fully saturated rings. The molecule has 1 saturated heterocycles. The van der Waals surface area contributed by atoms with E-state index in [9.17, 15) is 0 Å². The third-order valence-electron chi connectivity index (χ3n) is 7.34. The Labute approximate surface area is 146 Å². The molecule has 0 atom stereocenters. The van der Waals surface area contributed by atoms with Crippen LogP contribution in [-0.2, 0) is 0 Å². The van der Waals surface area contributed by atoms with Crippen molar-refractivity contribution in [3.8, 4) is 5.75 Å². The molecule has 130 valence electrons. The first-order chi connectivity index (χ1) is 11.8. The molecule has 1 aromatic carbocycles. The van der Waals surface area contributed by atoms with Gasteiger partial charge in [-0.1, -0.05) is 12.1 Å². The van der Waals surface area contributed by atoms with Crippen LogP contribution in [0.5, 0.6) is 5.75 Å². The summed E-state index contributed by atoms with van der Waals surface area (Å²) in [5.74, 6) is 5.20. The quantitative estimate of drug-likeness (QED) is 0.843. The van der Waals surface area contributed by atoms with E-state index in [0.29, 0.717) is 0 Å². The van der Waals surface area contributed by atoms with E-state index in [1.807, 2.05) is 0 Å². The topological polar surface area (TPSA) is 15.7 Å². The van der Waals surface area contributed by atoms with E-state index in [1.165, 1.54) is 44.5 Å². The molecule has 1 aliphatic heterocycles. The average molecular weight is 326 g/mol. The SMILES string of the molecule is COc1ccccc1N1CCN(C2C3CC4CC(C3)CC2C4)CC1. The molecule has 0 unspecified atom stereocenters. The zero-order valence-corrected chi connectivity index (χ0v) is 14.9. The van der Waals surface area contributed by atoms with Crippen molar-refractivity contribution < 1.29 is 4.74 Å². The van der Waals surface area contributed by atoms with E-state index in [4.69, 9.17) is 4.74 Å². The fourth-order valence-electron chi connectivity index (χ4n) is 6.64. The summed E-state index contributed by atoms with van der Waals surface area (Å²) in [5, 5.41) is 0. The van der Waals surface area contributed by atoms with Gasteiger partial charge in [0.15, 0.2) is 0 Å². The largest absolute Gasteiger partial charge is 0.495 e. The summed E-state index contributed by atoms with van der Waals surface area (Å²) in [6.45, 7) is 4.74. The Kier molecular flexibility index (Phi) is 3.73. The molecule has 1 heterocycles. The summed E-state index contributed by atoms with van der Waals surface area (Å²) in [7, 11) is 1.78. The average Bonchev–Trinajstić information content (AvgIpc) is 2.61. The number of anilines is 1. The smallest absolute Gasteiger partial charge is 0.142 e. The number of hydrogen-bond donors (Lipinski definition) is 0. The lowest BCUT2D eigenvalue weighted by Gasteiger charge is -2.58. The van der Waals surface area contributed by atoms with Gasteiger partial charge in [0.2, 0.25) is 0 Å². The van der Waals surface area contributed by atoms with Crippen LogP contribution in [0.25, 0.3) is 0 Å². The maximum absolute atomic E-state index is 5.56. The molecular weight excluding hydrogens is 296 g/mol. The number of hydrogen-bond acceptors (Lipinski definition) is 3. The Hall–Kier alpha value is -1.22. The van der Waals surface area contributed by atoms with Gasteiger partial charge in [-0.25, -0.2) is 0 Å². The maximum Gasteiger partial charge on any atom is 0.142 e. The lowest BCUT2D eigenvalue weighted by molar-refractivity contribution is -0.0665. The normalized spacial score (nSPS) is 38.5. The second-order valence-corrected chi connectivity index (χ2v) is 8.62. The Balaban J connectivity index is 1.27. The Bertz CT molecular complexity index is 565. The molecule has 0 aromatic heterocycles. The van der Waals surface area contributed by atoms with Crippen LogP contribution in [-0.4, -0.2) is 44.2 Å². The fourth-order valence-corrected chi connectivity index (χ4v) is 6.64. The van der Waals surface area contributed by atoms with Crippen LogP contribution in [0.4, 0.5) is 5.69 Å². The molecule has 6 rings (SSSR count). The van der Waals surface area contributed by atoms with Crippen molar-refractivity contribution in [2.45, 2.75) is 38.1 Å². The van der Waals surface area contributed by atoms with Crippen molar-refractivity contribution in [2.24, 2.45) is 23.7 Å². The summed E-state index contributed by atoms with van der Waals surface area (Å²) in [6, 6.07) is 9.38. The zero-order valence-electron chi connectivity index (χ0n) is 14.9. The van der Waals surface area contributed by atoms with Crippen molar-refractivity contribution in [3.63, 3.8) is 0 Å². The molecule has 0 amide bonds. The number of piperazine rings is 1. The summed E-state index contributed by atoms with van der Waals surface area (Å²) in [4.78, 5) is 5.38. The van der Waals surface area contributed by atoms with E-state index in [1.54, 1.807) is 13.5 Å². The highest BCUT2D eigenvalue weighted by atomic mass is 16.5. The minimum absolute atomic E-state index is 0.901. The molecule has 3 nitrogen and oxygen atoms in total. The summed E-state index contributed by atoms with van der Waals surface area (Å²) in [5.41, 5.74) is 1.27. The van der Waals surface area contributed by atoms with Crippen LogP contribution >= 0.6 is 0 Å². The van der Waals surface area contributed by atoms with Gasteiger partial charge in [0, 0.05) is 32.2 Å². The molecular formula is C21H30N2O. The Morgan fingerprint density at radius 1 is 0.833 bits per heavy atom. The number of methoxy groups -OCH3 is 1. The predicted molar refractivity (Wildman–Crippen MR) is 97.6 cm³/mol. The highest BCUT2D eigenvalue weighted by Gasteiger charge is 2.50. The number of nitrogens with zero attached hydrogens (tertiary/aromatic N) is 2. The lowest BCUT2D eigenvalue weighted by atomic mass is 9.54. The van der Waals surface area contributed by atoms with Gasteiger partial charge in [-0.2, -0.15) is 0 Å². The van der Waals surface area contributed by atoms with E-state index in [2.05, 4.69) is 34.1 Å². The molecule has 3 heteroatoms. The van der Waals surface area contributed by atoms with E-state index < -0.39 is 0 Å². The van der Waals surface area contributed by atoms with Gasteiger partial charge in [-0.15, -0.1) is 0 Å². The number of para-hydroxylation sites is 2. The number of ether oxygens (including phenoxy) is 1. The lowest BCUT2D eigenvalue weighted by Crippen LogP contribution is -2.60. The molecule has 0 N–H and O–H groups in total. The summed E-state index contributed by atoms with van der Waals surface area (Å²) >= 11 is 0. The molecule has 24 heavy (non-hydrogen) atoms. The van der Waals surface area contributed by atoms with Crippen molar-refractivity contribution in [1.29, 1.82) is 0 Å². The minimum Gasteiger partial charge on any atom is -0.495 e. The first kappa shape index (κ1) is 15.1. The maximum atomic E-state index is 5.56. The van der Waals surface area contributed by atoms with Gasteiger partial charge < -0.3 is 9.64 Å². The van der Waals surface area contributed by atoms with Gasteiger partial charge in [0.1, 0.15) is 5.75 Å². The molecule has 1 aromatic rings. The van der Waals surface area contributed by atoms with E-state index >= 15 is 0 Å². The molecule has 4 aliphatic carbocycles. The van der Waals surface area contributed by atoms with Crippen molar-refractivity contribution in [3.05, 3.63) is 24.3 Å². The third kappa shape index (κ3) is 2.44. The third-order valence-corrected chi connectivity index (χ3v) is 7.34. The Morgan fingerprint density at radius 2 is 1.46 bits per heavy atom. The first-order valence-electron chi connectivity index (χ1n) is 9.94. The predicted octanol–water partition coefficient (Wildman–Crippen LogP) is 3.64. The summed E-state index contributed by atoms with van der Waals surface area (Å²) in [6.07, 6.45) is 7.69. The van der Waals surface area contributed by atoms with Gasteiger partial charge in [0.05, 0.1) is 12.8 Å².